The Morgan fingerprint density at radius 1 is 1.21 bits per heavy atom. The van der Waals surface area contributed by atoms with Crippen molar-refractivity contribution in [1.82, 2.24) is 29.6 Å². The summed E-state index contributed by atoms with van der Waals surface area (Å²) in [7, 11) is 3.48. The number of likely N-dealkylation sites (tertiary alicyclic amines) is 1. The fraction of sp³-hybridized carbons (Fsp3) is 0.400. The molecule has 0 amide bonds. The lowest BCUT2D eigenvalue weighted by Crippen LogP contribution is -2.44. The molecule has 1 aliphatic heterocycles. The number of hydrogen-bond donors (Lipinski definition) is 2. The summed E-state index contributed by atoms with van der Waals surface area (Å²) in [6, 6.07) is 7.66. The van der Waals surface area contributed by atoms with Gasteiger partial charge >= 0.3 is 0 Å². The molecule has 3 heterocycles. The first-order valence-electron chi connectivity index (χ1n) is 9.66. The van der Waals surface area contributed by atoms with Gasteiger partial charge in [-0.1, -0.05) is 6.92 Å². The van der Waals surface area contributed by atoms with Gasteiger partial charge in [-0.2, -0.15) is 4.98 Å². The van der Waals surface area contributed by atoms with Gasteiger partial charge in [0.05, 0.1) is 13.7 Å². The lowest BCUT2D eigenvalue weighted by Gasteiger charge is -2.36. The summed E-state index contributed by atoms with van der Waals surface area (Å²) in [5.74, 6) is 3.56. The van der Waals surface area contributed by atoms with Crippen molar-refractivity contribution in [2.75, 3.05) is 37.9 Å². The fourth-order valence-corrected chi connectivity index (χ4v) is 3.47. The number of nitrogens with one attached hydrogen (secondary N) is 2. The van der Waals surface area contributed by atoms with E-state index in [1.165, 1.54) is 0 Å². The molecule has 152 valence electrons. The van der Waals surface area contributed by atoms with Gasteiger partial charge in [0.25, 0.3) is 0 Å². The van der Waals surface area contributed by atoms with E-state index in [0.29, 0.717) is 11.7 Å². The summed E-state index contributed by atoms with van der Waals surface area (Å²) < 4.78 is 7.28. The first-order chi connectivity index (χ1) is 14.0. The molecule has 0 radical (unpaired) electrons. The number of aromatic nitrogens is 5. The van der Waals surface area contributed by atoms with Crippen LogP contribution in [0.3, 0.4) is 0 Å². The van der Waals surface area contributed by atoms with Crippen molar-refractivity contribution in [2.24, 2.45) is 5.92 Å². The van der Waals surface area contributed by atoms with Gasteiger partial charge in [-0.3, -0.25) is 4.90 Å². The Kier molecular flexibility index (Phi) is 5.30. The van der Waals surface area contributed by atoms with Gasteiger partial charge < -0.3 is 15.4 Å². The van der Waals surface area contributed by atoms with Crippen LogP contribution in [0.5, 0.6) is 5.75 Å². The maximum absolute atomic E-state index is 5.53. The normalized spacial score (nSPS) is 14.5. The first kappa shape index (κ1) is 19.1. The highest BCUT2D eigenvalue weighted by Gasteiger charge is 2.23. The molecular weight excluding hydrogens is 368 g/mol. The number of hydrogen-bond acceptors (Lipinski definition) is 8. The van der Waals surface area contributed by atoms with Crippen LogP contribution in [0.2, 0.25) is 0 Å². The van der Waals surface area contributed by atoms with E-state index in [1.807, 2.05) is 38.2 Å². The Morgan fingerprint density at radius 3 is 2.76 bits per heavy atom. The average molecular weight is 394 g/mol. The minimum atomic E-state index is 0.525. The fourth-order valence-electron chi connectivity index (χ4n) is 3.47. The number of methoxy groups -OCH3 is 1. The first-order valence-corrected chi connectivity index (χ1v) is 9.66. The van der Waals surface area contributed by atoms with Crippen LogP contribution in [-0.4, -0.2) is 56.9 Å². The van der Waals surface area contributed by atoms with E-state index in [-0.39, 0.29) is 0 Å². The quantitative estimate of drug-likeness (QED) is 0.632. The van der Waals surface area contributed by atoms with Gasteiger partial charge in [0.1, 0.15) is 23.6 Å². The summed E-state index contributed by atoms with van der Waals surface area (Å²) in [6.45, 7) is 7.15. The van der Waals surface area contributed by atoms with Crippen molar-refractivity contribution >= 4 is 17.5 Å². The van der Waals surface area contributed by atoms with E-state index < -0.39 is 0 Å². The number of anilines is 3. The van der Waals surface area contributed by atoms with Gasteiger partial charge in [0.15, 0.2) is 5.82 Å². The molecule has 0 spiro atoms. The second-order valence-corrected chi connectivity index (χ2v) is 7.38. The number of aryl methyl sites for hydroxylation is 1. The molecule has 0 bridgehead atoms. The summed E-state index contributed by atoms with van der Waals surface area (Å²) in [5.41, 5.74) is 2.51. The number of nitrogens with zero attached hydrogens (tertiary/aromatic N) is 6. The van der Waals surface area contributed by atoms with Crippen LogP contribution in [0.1, 0.15) is 18.4 Å². The molecule has 4 rings (SSSR count). The van der Waals surface area contributed by atoms with Gasteiger partial charge in [-0.25, -0.2) is 14.6 Å². The van der Waals surface area contributed by atoms with Crippen molar-refractivity contribution in [3.63, 3.8) is 0 Å². The lowest BCUT2D eigenvalue weighted by molar-refractivity contribution is 0.102. The molecule has 9 nitrogen and oxygen atoms in total. The Hall–Kier alpha value is -3.20. The molecule has 29 heavy (non-hydrogen) atoms. The number of rotatable bonds is 7. The van der Waals surface area contributed by atoms with Crippen molar-refractivity contribution < 1.29 is 4.74 Å². The lowest BCUT2D eigenvalue weighted by atomic mass is 10.0. The molecule has 3 aromatic rings. The smallest absolute Gasteiger partial charge is 0.229 e. The van der Waals surface area contributed by atoms with E-state index in [2.05, 4.69) is 42.5 Å². The molecule has 1 aromatic carbocycles. The average Bonchev–Trinajstić information content (AvgIpc) is 3.14. The molecule has 2 aromatic heterocycles. The summed E-state index contributed by atoms with van der Waals surface area (Å²) in [6.07, 6.45) is 1.72. The molecule has 0 unspecified atom stereocenters. The molecule has 2 N–H and O–H groups in total. The predicted molar refractivity (Wildman–Crippen MR) is 112 cm³/mol. The maximum atomic E-state index is 5.53. The molecule has 1 saturated heterocycles. The Labute approximate surface area is 170 Å². The highest BCUT2D eigenvalue weighted by atomic mass is 16.5. The van der Waals surface area contributed by atoms with Crippen LogP contribution in [0, 0.1) is 12.8 Å². The number of benzene rings is 1. The summed E-state index contributed by atoms with van der Waals surface area (Å²) >= 11 is 0. The third-order valence-electron chi connectivity index (χ3n) is 4.84. The molecule has 0 aliphatic carbocycles. The minimum Gasteiger partial charge on any atom is -0.494 e. The van der Waals surface area contributed by atoms with Gasteiger partial charge in [-0.05, 0) is 31.0 Å². The van der Waals surface area contributed by atoms with Crippen LogP contribution in [0.15, 0.2) is 30.6 Å². The Bertz CT molecular complexity index is 996. The van der Waals surface area contributed by atoms with Crippen LogP contribution in [0.25, 0.3) is 5.69 Å². The minimum absolute atomic E-state index is 0.525. The zero-order valence-electron chi connectivity index (χ0n) is 17.2. The van der Waals surface area contributed by atoms with E-state index >= 15 is 0 Å². The van der Waals surface area contributed by atoms with E-state index in [1.54, 1.807) is 18.1 Å². The van der Waals surface area contributed by atoms with E-state index in [9.17, 15) is 0 Å². The zero-order valence-corrected chi connectivity index (χ0v) is 17.2. The SMILES string of the molecule is CNc1cc(C)nc(Nc2ccc(OC)c(-n3cnc(CN4CC(C)C4)n3)c2)n1. The monoisotopic (exact) mass is 394 g/mol. The van der Waals surface area contributed by atoms with Crippen LogP contribution in [-0.2, 0) is 6.54 Å². The van der Waals surface area contributed by atoms with Gasteiger partial charge in [0.2, 0.25) is 5.95 Å². The predicted octanol–water partition coefficient (Wildman–Crippen LogP) is 2.61. The zero-order chi connectivity index (χ0) is 20.4. The van der Waals surface area contributed by atoms with Crippen molar-refractivity contribution in [2.45, 2.75) is 20.4 Å². The van der Waals surface area contributed by atoms with Crippen molar-refractivity contribution in [3.8, 4) is 11.4 Å². The second kappa shape index (κ2) is 8.04. The molecular formula is C20H26N8O. The molecule has 0 saturated carbocycles. The van der Waals surface area contributed by atoms with Crippen LogP contribution >= 0.6 is 0 Å². The van der Waals surface area contributed by atoms with Gasteiger partial charge in [0, 0.05) is 37.6 Å². The van der Waals surface area contributed by atoms with Crippen molar-refractivity contribution in [3.05, 3.63) is 42.1 Å². The summed E-state index contributed by atoms with van der Waals surface area (Å²) in [4.78, 5) is 15.7. The molecule has 1 fully saturated rings. The third-order valence-corrected chi connectivity index (χ3v) is 4.84. The standard InChI is InChI=1S/C20H26N8O/c1-13-9-27(10-13)11-19-22-12-28(26-19)16-8-15(5-6-17(16)29-4)24-20-23-14(2)7-18(21-3)25-20/h5-8,12-13H,9-11H2,1-4H3,(H2,21,23,24,25). The molecule has 1 aliphatic rings. The molecule has 0 atom stereocenters. The molecule has 9 heteroatoms. The number of ether oxygens (including phenoxy) is 1. The van der Waals surface area contributed by atoms with Crippen LogP contribution < -0.4 is 15.4 Å². The maximum Gasteiger partial charge on any atom is 0.229 e. The van der Waals surface area contributed by atoms with Crippen molar-refractivity contribution in [1.29, 1.82) is 0 Å². The van der Waals surface area contributed by atoms with E-state index in [4.69, 9.17) is 4.74 Å². The third kappa shape index (κ3) is 4.29. The summed E-state index contributed by atoms with van der Waals surface area (Å²) in [5, 5.41) is 10.9. The Balaban J connectivity index is 1.57. The van der Waals surface area contributed by atoms with Gasteiger partial charge in [-0.15, -0.1) is 5.10 Å². The highest BCUT2D eigenvalue weighted by Crippen LogP contribution is 2.27. The Morgan fingerprint density at radius 2 is 2.03 bits per heavy atom. The van der Waals surface area contributed by atoms with Crippen LogP contribution in [0.4, 0.5) is 17.5 Å². The topological polar surface area (TPSA) is 93.0 Å². The highest BCUT2D eigenvalue weighted by molar-refractivity contribution is 5.62. The van der Waals surface area contributed by atoms with E-state index in [0.717, 1.165) is 54.3 Å². The largest absolute Gasteiger partial charge is 0.494 e. The second-order valence-electron chi connectivity index (χ2n) is 7.38.